The molecular formula is C11H19N3O. The van der Waals surface area contributed by atoms with Crippen LogP contribution in [0.2, 0.25) is 0 Å². The summed E-state index contributed by atoms with van der Waals surface area (Å²) >= 11 is 0. The Morgan fingerprint density at radius 3 is 2.87 bits per heavy atom. The van der Waals surface area contributed by atoms with Crippen LogP contribution in [0.5, 0.6) is 0 Å². The zero-order valence-corrected chi connectivity index (χ0v) is 9.49. The number of ether oxygens (including phenoxy) is 1. The lowest BCUT2D eigenvalue weighted by Gasteiger charge is -2.34. The first-order valence-electron chi connectivity index (χ1n) is 5.49. The Morgan fingerprint density at radius 1 is 1.53 bits per heavy atom. The molecule has 1 aliphatic heterocycles. The summed E-state index contributed by atoms with van der Waals surface area (Å²) in [4.78, 5) is 0. The van der Waals surface area contributed by atoms with E-state index in [1.54, 1.807) is 0 Å². The highest BCUT2D eigenvalue weighted by Crippen LogP contribution is 2.20. The van der Waals surface area contributed by atoms with E-state index in [1.807, 2.05) is 17.9 Å². The second-order valence-electron chi connectivity index (χ2n) is 4.47. The van der Waals surface area contributed by atoms with Crippen molar-refractivity contribution in [3.05, 3.63) is 18.0 Å². The highest BCUT2D eigenvalue weighted by molar-refractivity contribution is 5.01. The molecule has 1 fully saturated rings. The predicted octanol–water partition coefficient (Wildman–Crippen LogP) is 1.08. The van der Waals surface area contributed by atoms with Gasteiger partial charge in [0.15, 0.2) is 0 Å². The lowest BCUT2D eigenvalue weighted by molar-refractivity contribution is 0.0444. The van der Waals surface area contributed by atoms with Gasteiger partial charge in [-0.15, -0.1) is 0 Å². The first-order chi connectivity index (χ1) is 7.20. The van der Waals surface area contributed by atoms with Crippen LogP contribution in [0.4, 0.5) is 0 Å². The quantitative estimate of drug-likeness (QED) is 0.809. The van der Waals surface area contributed by atoms with E-state index in [1.165, 1.54) is 5.69 Å². The van der Waals surface area contributed by atoms with Crippen LogP contribution in [0.3, 0.4) is 0 Å². The molecule has 0 aromatic carbocycles. The summed E-state index contributed by atoms with van der Waals surface area (Å²) < 4.78 is 7.28. The van der Waals surface area contributed by atoms with Crippen LogP contribution in [0.25, 0.3) is 0 Å². The normalized spacial score (nSPS) is 20.4. The Labute approximate surface area is 90.6 Å². The summed E-state index contributed by atoms with van der Waals surface area (Å²) in [6, 6.07) is 2.05. The Kier molecular flexibility index (Phi) is 3.07. The zero-order chi connectivity index (χ0) is 10.7. The van der Waals surface area contributed by atoms with E-state index in [0.717, 1.165) is 32.6 Å². The van der Waals surface area contributed by atoms with Crippen LogP contribution >= 0.6 is 0 Å². The molecule has 1 aliphatic rings. The maximum absolute atomic E-state index is 5.37. The second kappa shape index (κ2) is 4.33. The topological polar surface area (TPSA) is 39.1 Å². The molecule has 1 aromatic rings. The summed E-state index contributed by atoms with van der Waals surface area (Å²) in [6.07, 6.45) is 4.01. The minimum atomic E-state index is 0.225. The minimum Gasteiger partial charge on any atom is -0.381 e. The van der Waals surface area contributed by atoms with Crippen molar-refractivity contribution in [2.75, 3.05) is 13.2 Å². The van der Waals surface area contributed by atoms with E-state index in [2.05, 4.69) is 23.4 Å². The van der Waals surface area contributed by atoms with Crippen molar-refractivity contribution in [3.63, 3.8) is 0 Å². The maximum atomic E-state index is 5.37. The van der Waals surface area contributed by atoms with Gasteiger partial charge in [-0.2, -0.15) is 5.10 Å². The van der Waals surface area contributed by atoms with Crippen LogP contribution in [0, 0.1) is 0 Å². The summed E-state index contributed by atoms with van der Waals surface area (Å²) in [6.45, 7) is 4.89. The number of aryl methyl sites for hydroxylation is 1. The number of hydrogen-bond donors (Lipinski definition) is 1. The summed E-state index contributed by atoms with van der Waals surface area (Å²) in [7, 11) is 1.98. The van der Waals surface area contributed by atoms with Gasteiger partial charge in [0.2, 0.25) is 0 Å². The fourth-order valence-corrected chi connectivity index (χ4v) is 1.88. The fourth-order valence-electron chi connectivity index (χ4n) is 1.88. The highest BCUT2D eigenvalue weighted by atomic mass is 16.5. The van der Waals surface area contributed by atoms with Crippen molar-refractivity contribution in [3.8, 4) is 0 Å². The Hall–Kier alpha value is -0.870. The van der Waals surface area contributed by atoms with Gasteiger partial charge in [0.1, 0.15) is 0 Å². The molecule has 0 aliphatic carbocycles. The molecule has 0 bridgehead atoms. The Balaban J connectivity index is 1.89. The van der Waals surface area contributed by atoms with Crippen molar-refractivity contribution in [2.45, 2.75) is 31.8 Å². The van der Waals surface area contributed by atoms with E-state index in [0.29, 0.717) is 0 Å². The molecule has 0 saturated carbocycles. The molecule has 0 spiro atoms. The monoisotopic (exact) mass is 209 g/mol. The summed E-state index contributed by atoms with van der Waals surface area (Å²) in [5, 5.41) is 7.76. The van der Waals surface area contributed by atoms with E-state index in [9.17, 15) is 0 Å². The van der Waals surface area contributed by atoms with Gasteiger partial charge >= 0.3 is 0 Å². The van der Waals surface area contributed by atoms with Crippen LogP contribution in [-0.4, -0.2) is 28.5 Å². The third-order valence-corrected chi connectivity index (χ3v) is 3.22. The number of nitrogens with zero attached hydrogens (tertiary/aromatic N) is 2. The Morgan fingerprint density at radius 2 is 2.27 bits per heavy atom. The van der Waals surface area contributed by atoms with E-state index < -0.39 is 0 Å². The average molecular weight is 209 g/mol. The SMILES string of the molecule is Cn1nccc1CNC1(C)CCOCC1. The van der Waals surface area contributed by atoms with Crippen molar-refractivity contribution in [2.24, 2.45) is 7.05 Å². The van der Waals surface area contributed by atoms with Gasteiger partial charge < -0.3 is 10.1 Å². The van der Waals surface area contributed by atoms with Gasteiger partial charge in [0.05, 0.1) is 5.69 Å². The third kappa shape index (κ3) is 2.58. The van der Waals surface area contributed by atoms with Crippen LogP contribution < -0.4 is 5.32 Å². The van der Waals surface area contributed by atoms with Crippen LogP contribution in [0.1, 0.15) is 25.5 Å². The standard InChI is InChI=1S/C11H19N3O/c1-11(4-7-15-8-5-11)12-9-10-3-6-13-14(10)2/h3,6,12H,4-5,7-9H2,1-2H3. The first kappa shape index (κ1) is 10.6. The van der Waals surface area contributed by atoms with Gasteiger partial charge in [-0.05, 0) is 25.8 Å². The van der Waals surface area contributed by atoms with Gasteiger partial charge in [-0.1, -0.05) is 0 Å². The van der Waals surface area contributed by atoms with Gasteiger partial charge in [0, 0.05) is 38.5 Å². The Bertz CT molecular complexity index is 315. The van der Waals surface area contributed by atoms with Gasteiger partial charge in [-0.3, -0.25) is 4.68 Å². The largest absolute Gasteiger partial charge is 0.381 e. The van der Waals surface area contributed by atoms with Gasteiger partial charge in [0.25, 0.3) is 0 Å². The molecule has 2 rings (SSSR count). The number of aromatic nitrogens is 2. The number of rotatable bonds is 3. The van der Waals surface area contributed by atoms with Crippen molar-refractivity contribution >= 4 is 0 Å². The molecule has 0 atom stereocenters. The number of nitrogens with one attached hydrogen (secondary N) is 1. The lowest BCUT2D eigenvalue weighted by atomic mass is 9.92. The fraction of sp³-hybridized carbons (Fsp3) is 0.727. The van der Waals surface area contributed by atoms with Crippen LogP contribution in [0.15, 0.2) is 12.3 Å². The molecule has 1 N–H and O–H groups in total. The van der Waals surface area contributed by atoms with E-state index in [-0.39, 0.29) is 5.54 Å². The maximum Gasteiger partial charge on any atom is 0.0518 e. The van der Waals surface area contributed by atoms with E-state index in [4.69, 9.17) is 4.74 Å². The first-order valence-corrected chi connectivity index (χ1v) is 5.49. The molecule has 1 aromatic heterocycles. The van der Waals surface area contributed by atoms with Gasteiger partial charge in [-0.25, -0.2) is 0 Å². The van der Waals surface area contributed by atoms with E-state index >= 15 is 0 Å². The van der Waals surface area contributed by atoms with Crippen molar-refractivity contribution in [1.82, 2.24) is 15.1 Å². The lowest BCUT2D eigenvalue weighted by Crippen LogP contribution is -2.46. The predicted molar refractivity (Wildman–Crippen MR) is 58.5 cm³/mol. The zero-order valence-electron chi connectivity index (χ0n) is 9.49. The van der Waals surface area contributed by atoms with Crippen LogP contribution in [-0.2, 0) is 18.3 Å². The highest BCUT2D eigenvalue weighted by Gasteiger charge is 2.26. The minimum absolute atomic E-state index is 0.225. The molecule has 0 unspecified atom stereocenters. The molecule has 4 heteroatoms. The smallest absolute Gasteiger partial charge is 0.0518 e. The summed E-state index contributed by atoms with van der Waals surface area (Å²) in [5.74, 6) is 0. The molecule has 1 saturated heterocycles. The van der Waals surface area contributed by atoms with Crippen molar-refractivity contribution < 1.29 is 4.74 Å². The molecule has 15 heavy (non-hydrogen) atoms. The molecule has 84 valence electrons. The molecule has 4 nitrogen and oxygen atoms in total. The molecule has 2 heterocycles. The molecule has 0 radical (unpaired) electrons. The van der Waals surface area contributed by atoms with Crippen molar-refractivity contribution in [1.29, 1.82) is 0 Å². The molecule has 0 amide bonds. The second-order valence-corrected chi connectivity index (χ2v) is 4.47. The number of hydrogen-bond acceptors (Lipinski definition) is 3. The third-order valence-electron chi connectivity index (χ3n) is 3.22. The average Bonchev–Trinajstić information content (AvgIpc) is 2.62. The molecular weight excluding hydrogens is 190 g/mol. The summed E-state index contributed by atoms with van der Waals surface area (Å²) in [5.41, 5.74) is 1.45.